The number of hydrazine groups is 1. The summed E-state index contributed by atoms with van der Waals surface area (Å²) in [5, 5.41) is 0. The summed E-state index contributed by atoms with van der Waals surface area (Å²) in [4.78, 5) is 14.8. The first kappa shape index (κ1) is 13.3. The van der Waals surface area contributed by atoms with Crippen LogP contribution in [0.2, 0.25) is 0 Å². The van der Waals surface area contributed by atoms with E-state index in [0.29, 0.717) is 0 Å². The number of carbonyl (C=O) groups is 1. The molecule has 2 N–H and O–H groups in total. The predicted molar refractivity (Wildman–Crippen MR) is 55.8 cm³/mol. The van der Waals surface area contributed by atoms with Gasteiger partial charge in [-0.3, -0.25) is 15.6 Å². The summed E-state index contributed by atoms with van der Waals surface area (Å²) < 4.78 is 37.1. The fourth-order valence-corrected chi connectivity index (χ4v) is 0.945. The number of nitrogens with zero attached hydrogens (tertiary/aromatic N) is 1. The number of hydrogen-bond donors (Lipinski definition) is 2. The molecule has 0 atom stereocenters. The molecule has 94 valence electrons. The molecule has 0 fully saturated rings. The van der Waals surface area contributed by atoms with E-state index in [0.717, 1.165) is 18.3 Å². The van der Waals surface area contributed by atoms with Gasteiger partial charge in [0, 0.05) is 12.1 Å². The van der Waals surface area contributed by atoms with E-state index >= 15 is 0 Å². The maximum atomic E-state index is 12.4. The van der Waals surface area contributed by atoms with E-state index < -0.39 is 11.7 Å². The SMILES string of the molecule is CC(C)C(=O)NNc1cc(C(F)(F)F)ccn1. The van der Waals surface area contributed by atoms with Crippen LogP contribution in [0.15, 0.2) is 18.3 Å². The van der Waals surface area contributed by atoms with Gasteiger partial charge in [-0.1, -0.05) is 13.8 Å². The molecule has 0 aliphatic rings. The first-order valence-corrected chi connectivity index (χ1v) is 4.90. The van der Waals surface area contributed by atoms with Gasteiger partial charge in [-0.15, -0.1) is 0 Å². The van der Waals surface area contributed by atoms with E-state index in [1.54, 1.807) is 13.8 Å². The zero-order valence-corrected chi connectivity index (χ0v) is 9.30. The zero-order valence-electron chi connectivity index (χ0n) is 9.30. The lowest BCUT2D eigenvalue weighted by molar-refractivity contribution is -0.137. The number of rotatable bonds is 3. The van der Waals surface area contributed by atoms with E-state index in [1.807, 2.05) is 0 Å². The van der Waals surface area contributed by atoms with Crippen LogP contribution in [0.1, 0.15) is 19.4 Å². The molecular weight excluding hydrogens is 235 g/mol. The number of aromatic nitrogens is 1. The lowest BCUT2D eigenvalue weighted by atomic mass is 10.2. The van der Waals surface area contributed by atoms with Crippen molar-refractivity contribution in [1.82, 2.24) is 10.4 Å². The summed E-state index contributed by atoms with van der Waals surface area (Å²) in [7, 11) is 0. The molecule has 0 aromatic carbocycles. The second-order valence-corrected chi connectivity index (χ2v) is 3.70. The van der Waals surface area contributed by atoms with Crippen molar-refractivity contribution < 1.29 is 18.0 Å². The molecule has 0 aliphatic carbocycles. The van der Waals surface area contributed by atoms with Gasteiger partial charge in [0.05, 0.1) is 5.56 Å². The third kappa shape index (κ3) is 3.93. The van der Waals surface area contributed by atoms with Crippen LogP contribution in [0.25, 0.3) is 0 Å². The van der Waals surface area contributed by atoms with Crippen molar-refractivity contribution in [1.29, 1.82) is 0 Å². The molecule has 1 aromatic rings. The number of hydrogen-bond acceptors (Lipinski definition) is 3. The third-order valence-corrected chi connectivity index (χ3v) is 1.93. The van der Waals surface area contributed by atoms with Gasteiger partial charge < -0.3 is 0 Å². The van der Waals surface area contributed by atoms with Gasteiger partial charge in [0.15, 0.2) is 0 Å². The van der Waals surface area contributed by atoms with E-state index in [2.05, 4.69) is 15.8 Å². The molecule has 1 amide bonds. The zero-order chi connectivity index (χ0) is 13.1. The minimum Gasteiger partial charge on any atom is -0.282 e. The summed E-state index contributed by atoms with van der Waals surface area (Å²) in [6, 6.07) is 1.68. The fraction of sp³-hybridized carbons (Fsp3) is 0.400. The highest BCUT2D eigenvalue weighted by atomic mass is 19.4. The minimum absolute atomic E-state index is 0.0613. The standard InChI is InChI=1S/C10H12F3N3O/c1-6(2)9(17)16-15-8-5-7(3-4-14-8)10(11,12)13/h3-6H,1-2H3,(H,14,15)(H,16,17). The first-order valence-electron chi connectivity index (χ1n) is 4.90. The average Bonchev–Trinajstić information content (AvgIpc) is 2.25. The smallest absolute Gasteiger partial charge is 0.282 e. The van der Waals surface area contributed by atoms with Gasteiger partial charge in [0.25, 0.3) is 0 Å². The average molecular weight is 247 g/mol. The van der Waals surface area contributed by atoms with Crippen LogP contribution in [-0.2, 0) is 11.0 Å². The van der Waals surface area contributed by atoms with E-state index in [4.69, 9.17) is 0 Å². The van der Waals surface area contributed by atoms with E-state index in [9.17, 15) is 18.0 Å². The van der Waals surface area contributed by atoms with Crippen LogP contribution in [0.4, 0.5) is 19.0 Å². The fourth-order valence-electron chi connectivity index (χ4n) is 0.945. The Morgan fingerprint density at radius 1 is 1.41 bits per heavy atom. The monoisotopic (exact) mass is 247 g/mol. The molecule has 17 heavy (non-hydrogen) atoms. The third-order valence-electron chi connectivity index (χ3n) is 1.93. The number of anilines is 1. The lowest BCUT2D eigenvalue weighted by Gasteiger charge is -2.11. The van der Waals surface area contributed by atoms with Crippen molar-refractivity contribution in [2.45, 2.75) is 20.0 Å². The summed E-state index contributed by atoms with van der Waals surface area (Å²) in [5.74, 6) is -0.661. The summed E-state index contributed by atoms with van der Waals surface area (Å²) in [5.41, 5.74) is 3.76. The molecule has 1 heterocycles. The lowest BCUT2D eigenvalue weighted by Crippen LogP contribution is -2.33. The maximum Gasteiger partial charge on any atom is 0.416 e. The highest BCUT2D eigenvalue weighted by Crippen LogP contribution is 2.29. The molecule has 0 spiro atoms. The van der Waals surface area contributed by atoms with Gasteiger partial charge in [-0.2, -0.15) is 13.2 Å². The minimum atomic E-state index is -4.43. The number of pyridine rings is 1. The van der Waals surface area contributed by atoms with Gasteiger partial charge in [-0.25, -0.2) is 4.98 Å². The largest absolute Gasteiger partial charge is 0.416 e. The summed E-state index contributed by atoms with van der Waals surface area (Å²) in [6.07, 6.45) is -3.41. The van der Waals surface area contributed by atoms with E-state index in [-0.39, 0.29) is 17.6 Å². The van der Waals surface area contributed by atoms with Crippen molar-refractivity contribution in [2.75, 3.05) is 5.43 Å². The van der Waals surface area contributed by atoms with Crippen molar-refractivity contribution >= 4 is 11.7 Å². The highest BCUT2D eigenvalue weighted by molar-refractivity contribution is 5.78. The maximum absolute atomic E-state index is 12.4. The Hall–Kier alpha value is -1.79. The number of nitrogens with one attached hydrogen (secondary N) is 2. The topological polar surface area (TPSA) is 54.0 Å². The Balaban J connectivity index is 2.70. The van der Waals surface area contributed by atoms with Crippen molar-refractivity contribution in [3.63, 3.8) is 0 Å². The van der Waals surface area contributed by atoms with Crippen LogP contribution < -0.4 is 10.9 Å². The van der Waals surface area contributed by atoms with Gasteiger partial charge in [0.1, 0.15) is 5.82 Å². The van der Waals surface area contributed by atoms with Gasteiger partial charge in [-0.05, 0) is 12.1 Å². The highest BCUT2D eigenvalue weighted by Gasteiger charge is 2.30. The molecule has 0 unspecified atom stereocenters. The molecular formula is C10H12F3N3O. The number of alkyl halides is 3. The van der Waals surface area contributed by atoms with Crippen LogP contribution in [0, 0.1) is 5.92 Å². The van der Waals surface area contributed by atoms with Crippen molar-refractivity contribution in [3.05, 3.63) is 23.9 Å². The Bertz CT molecular complexity index is 404. The molecule has 0 radical (unpaired) electrons. The van der Waals surface area contributed by atoms with E-state index in [1.165, 1.54) is 0 Å². The molecule has 1 aromatic heterocycles. The Morgan fingerprint density at radius 3 is 2.59 bits per heavy atom. The Labute approximate surface area is 96.2 Å². The predicted octanol–water partition coefficient (Wildman–Crippen LogP) is 2.20. The number of carbonyl (C=O) groups excluding carboxylic acids is 1. The molecule has 0 bridgehead atoms. The molecule has 0 saturated heterocycles. The second-order valence-electron chi connectivity index (χ2n) is 3.70. The van der Waals surface area contributed by atoms with Crippen molar-refractivity contribution in [2.24, 2.45) is 5.92 Å². The molecule has 0 aliphatic heterocycles. The van der Waals surface area contributed by atoms with Gasteiger partial charge >= 0.3 is 6.18 Å². The molecule has 0 saturated carbocycles. The molecule has 1 rings (SSSR count). The number of halogens is 3. The number of amides is 1. The summed E-state index contributed by atoms with van der Waals surface area (Å²) in [6.45, 7) is 3.33. The molecule has 7 heteroatoms. The first-order chi connectivity index (χ1) is 7.80. The quantitative estimate of drug-likeness (QED) is 0.805. The van der Waals surface area contributed by atoms with Crippen molar-refractivity contribution in [3.8, 4) is 0 Å². The van der Waals surface area contributed by atoms with Gasteiger partial charge in [0.2, 0.25) is 5.91 Å². The van der Waals surface area contributed by atoms with Crippen LogP contribution in [-0.4, -0.2) is 10.9 Å². The van der Waals surface area contributed by atoms with Crippen LogP contribution in [0.5, 0.6) is 0 Å². The second kappa shape index (κ2) is 5.03. The van der Waals surface area contributed by atoms with Crippen LogP contribution in [0.3, 0.4) is 0 Å². The molecule has 4 nitrogen and oxygen atoms in total. The Kier molecular flexibility index (Phi) is 3.93. The normalized spacial score (nSPS) is 11.4. The summed E-state index contributed by atoms with van der Waals surface area (Å²) >= 11 is 0. The van der Waals surface area contributed by atoms with Crippen LogP contribution >= 0.6 is 0 Å². The Morgan fingerprint density at radius 2 is 2.06 bits per heavy atom.